The van der Waals surface area contributed by atoms with Crippen LogP contribution in [0.4, 0.5) is 0 Å². The third kappa shape index (κ3) is 4.99. The van der Waals surface area contributed by atoms with E-state index in [1.54, 1.807) is 24.3 Å². The van der Waals surface area contributed by atoms with Crippen molar-refractivity contribution < 1.29 is 9.47 Å². The number of fused-ring (bicyclic) bond motifs is 1. The van der Waals surface area contributed by atoms with Gasteiger partial charge in [-0.15, -0.1) is 0 Å². The molecule has 0 N–H and O–H groups in total. The molecule has 0 saturated carbocycles. The van der Waals surface area contributed by atoms with Crippen molar-refractivity contribution in [2.75, 3.05) is 13.7 Å². The van der Waals surface area contributed by atoms with E-state index >= 15 is 0 Å². The van der Waals surface area contributed by atoms with Crippen LogP contribution in [0.15, 0.2) is 57.4 Å². The summed E-state index contributed by atoms with van der Waals surface area (Å²) < 4.78 is 13.3. The molecule has 6 nitrogen and oxygen atoms in total. The summed E-state index contributed by atoms with van der Waals surface area (Å²) in [5, 5.41) is 5.41. The molecule has 0 aliphatic rings. The molecule has 0 aliphatic carbocycles. The van der Waals surface area contributed by atoms with E-state index in [0.29, 0.717) is 38.8 Å². The smallest absolute Gasteiger partial charge is 0.282 e. The summed E-state index contributed by atoms with van der Waals surface area (Å²) in [6.07, 6.45) is 3.15. The van der Waals surface area contributed by atoms with Crippen LogP contribution in [0.25, 0.3) is 10.9 Å². The highest BCUT2D eigenvalue weighted by Gasteiger charge is 2.23. The monoisotopic (exact) mass is 503 g/mol. The lowest BCUT2D eigenvalue weighted by Gasteiger charge is -2.21. The Bertz CT molecular complexity index is 1230. The molecule has 31 heavy (non-hydrogen) atoms. The average molecular weight is 505 g/mol. The van der Waals surface area contributed by atoms with Crippen LogP contribution in [0.3, 0.4) is 0 Å². The Hall–Kier alpha value is -2.64. The normalized spacial score (nSPS) is 11.8. The second-order valence-corrected chi connectivity index (χ2v) is 9.19. The second kappa shape index (κ2) is 9.24. The van der Waals surface area contributed by atoms with Gasteiger partial charge in [0, 0.05) is 26.5 Å². The minimum atomic E-state index is -0.425. The van der Waals surface area contributed by atoms with Crippen LogP contribution in [-0.2, 0) is 5.41 Å². The van der Waals surface area contributed by atoms with Crippen molar-refractivity contribution in [2.24, 2.45) is 5.10 Å². The standard InChI is InChI=1S/C23H23BrClN3O3/c1-6-9-31-20-14(10-16(25)12-19(20)30-5)13-26-28-21(29)17-11-15(24)7-8-18(17)27-22(28)23(2,3)4/h6-8,10-13H,1,9H2,2-5H3. The number of rotatable bonds is 6. The summed E-state index contributed by atoms with van der Waals surface area (Å²) in [5.74, 6) is 1.45. The zero-order valence-electron chi connectivity index (χ0n) is 17.8. The Balaban J connectivity index is 2.24. The van der Waals surface area contributed by atoms with Crippen LogP contribution in [0.1, 0.15) is 32.2 Å². The summed E-state index contributed by atoms with van der Waals surface area (Å²) in [4.78, 5) is 18.0. The van der Waals surface area contributed by atoms with Crippen LogP contribution in [-0.4, -0.2) is 29.6 Å². The largest absolute Gasteiger partial charge is 0.493 e. The van der Waals surface area contributed by atoms with Crippen molar-refractivity contribution in [1.29, 1.82) is 0 Å². The summed E-state index contributed by atoms with van der Waals surface area (Å²) in [5.41, 5.74) is 0.484. The van der Waals surface area contributed by atoms with Crippen LogP contribution in [0.5, 0.6) is 11.5 Å². The quantitative estimate of drug-likeness (QED) is 0.325. The molecule has 0 aliphatic heterocycles. The number of aromatic nitrogens is 2. The summed E-state index contributed by atoms with van der Waals surface area (Å²) >= 11 is 9.66. The van der Waals surface area contributed by atoms with Gasteiger partial charge >= 0.3 is 0 Å². The Kier molecular flexibility index (Phi) is 6.86. The van der Waals surface area contributed by atoms with Crippen molar-refractivity contribution in [3.05, 3.63) is 74.2 Å². The highest BCUT2D eigenvalue weighted by Crippen LogP contribution is 2.34. The molecule has 8 heteroatoms. The summed E-state index contributed by atoms with van der Waals surface area (Å²) in [7, 11) is 1.53. The highest BCUT2D eigenvalue weighted by atomic mass is 79.9. The molecular formula is C23H23BrClN3O3. The average Bonchev–Trinajstić information content (AvgIpc) is 2.71. The molecule has 0 radical (unpaired) electrons. The van der Waals surface area contributed by atoms with Crippen molar-refractivity contribution >= 4 is 44.6 Å². The molecular weight excluding hydrogens is 482 g/mol. The van der Waals surface area contributed by atoms with E-state index < -0.39 is 5.41 Å². The van der Waals surface area contributed by atoms with Gasteiger partial charge < -0.3 is 9.47 Å². The zero-order valence-corrected chi connectivity index (χ0v) is 20.1. The van der Waals surface area contributed by atoms with Gasteiger partial charge in [0.25, 0.3) is 5.56 Å². The van der Waals surface area contributed by atoms with E-state index in [-0.39, 0.29) is 12.2 Å². The Morgan fingerprint density at radius 2 is 2.03 bits per heavy atom. The zero-order chi connectivity index (χ0) is 22.8. The van der Waals surface area contributed by atoms with Gasteiger partial charge in [-0.05, 0) is 24.3 Å². The maximum absolute atomic E-state index is 13.3. The number of nitrogens with zero attached hydrogens (tertiary/aromatic N) is 3. The SMILES string of the molecule is C=CCOc1c(C=Nn2c(C(C)(C)C)nc3ccc(Br)cc3c2=O)cc(Cl)cc1OC. The van der Waals surface area contributed by atoms with Gasteiger partial charge in [-0.1, -0.05) is 61.0 Å². The lowest BCUT2D eigenvalue weighted by Crippen LogP contribution is -2.29. The lowest BCUT2D eigenvalue weighted by molar-refractivity contribution is 0.326. The number of hydrogen-bond acceptors (Lipinski definition) is 5. The van der Waals surface area contributed by atoms with E-state index in [1.807, 2.05) is 32.9 Å². The first-order chi connectivity index (χ1) is 14.7. The molecule has 162 valence electrons. The van der Waals surface area contributed by atoms with Crippen LogP contribution >= 0.6 is 27.5 Å². The predicted molar refractivity (Wildman–Crippen MR) is 129 cm³/mol. The Morgan fingerprint density at radius 1 is 1.29 bits per heavy atom. The number of ether oxygens (including phenoxy) is 2. The molecule has 0 amide bonds. The fourth-order valence-electron chi connectivity index (χ4n) is 2.99. The van der Waals surface area contributed by atoms with E-state index in [9.17, 15) is 4.79 Å². The van der Waals surface area contributed by atoms with Gasteiger partial charge in [-0.3, -0.25) is 4.79 Å². The van der Waals surface area contributed by atoms with Gasteiger partial charge in [-0.25, -0.2) is 4.98 Å². The topological polar surface area (TPSA) is 65.7 Å². The Labute approximate surface area is 194 Å². The first-order valence-corrected chi connectivity index (χ1v) is 10.7. The number of halogens is 2. The first kappa shape index (κ1) is 23.0. The van der Waals surface area contributed by atoms with Crippen LogP contribution < -0.4 is 15.0 Å². The molecule has 3 aromatic rings. The molecule has 1 heterocycles. The second-order valence-electron chi connectivity index (χ2n) is 7.83. The van der Waals surface area contributed by atoms with Crippen molar-refractivity contribution in [1.82, 2.24) is 9.66 Å². The predicted octanol–water partition coefficient (Wildman–Crippen LogP) is 5.57. The first-order valence-electron chi connectivity index (χ1n) is 9.54. The van der Waals surface area contributed by atoms with Crippen molar-refractivity contribution in [3.63, 3.8) is 0 Å². The molecule has 0 fully saturated rings. The molecule has 0 bridgehead atoms. The number of hydrogen-bond donors (Lipinski definition) is 0. The third-order valence-electron chi connectivity index (χ3n) is 4.41. The van der Waals surface area contributed by atoms with Gasteiger partial charge in [0.15, 0.2) is 11.5 Å². The van der Waals surface area contributed by atoms with Gasteiger partial charge in [0.05, 0.1) is 24.2 Å². The molecule has 1 aromatic heterocycles. The van der Waals surface area contributed by atoms with Gasteiger partial charge in [0.2, 0.25) is 0 Å². The molecule has 0 saturated heterocycles. The van der Waals surface area contributed by atoms with E-state index in [2.05, 4.69) is 27.6 Å². The molecule has 0 atom stereocenters. The van der Waals surface area contributed by atoms with E-state index in [0.717, 1.165) is 4.47 Å². The fraction of sp³-hybridized carbons (Fsp3) is 0.261. The maximum Gasteiger partial charge on any atom is 0.282 e. The van der Waals surface area contributed by atoms with Gasteiger partial charge in [0.1, 0.15) is 12.4 Å². The minimum absolute atomic E-state index is 0.268. The third-order valence-corrected chi connectivity index (χ3v) is 5.12. The molecule has 2 aromatic carbocycles. The lowest BCUT2D eigenvalue weighted by atomic mass is 9.95. The van der Waals surface area contributed by atoms with E-state index in [4.69, 9.17) is 26.1 Å². The summed E-state index contributed by atoms with van der Waals surface area (Å²) in [6, 6.07) is 8.76. The van der Waals surface area contributed by atoms with Crippen molar-refractivity contribution in [3.8, 4) is 11.5 Å². The number of benzene rings is 2. The van der Waals surface area contributed by atoms with Crippen LogP contribution in [0.2, 0.25) is 5.02 Å². The van der Waals surface area contributed by atoms with E-state index in [1.165, 1.54) is 18.0 Å². The maximum atomic E-state index is 13.3. The van der Waals surface area contributed by atoms with Gasteiger partial charge in [-0.2, -0.15) is 9.78 Å². The summed E-state index contributed by atoms with van der Waals surface area (Å²) in [6.45, 7) is 9.89. The molecule has 0 spiro atoms. The minimum Gasteiger partial charge on any atom is -0.493 e. The molecule has 3 rings (SSSR count). The fourth-order valence-corrected chi connectivity index (χ4v) is 3.57. The molecule has 0 unspecified atom stereocenters. The van der Waals surface area contributed by atoms with Crippen LogP contribution in [0, 0.1) is 0 Å². The van der Waals surface area contributed by atoms with Crippen molar-refractivity contribution in [2.45, 2.75) is 26.2 Å². The Morgan fingerprint density at radius 3 is 2.68 bits per heavy atom. The number of methoxy groups -OCH3 is 1. The highest BCUT2D eigenvalue weighted by molar-refractivity contribution is 9.10.